The largest absolute Gasteiger partial charge is 0.371 e. The van der Waals surface area contributed by atoms with Crippen molar-refractivity contribution in [1.29, 1.82) is 0 Å². The minimum atomic E-state index is -0.435. The van der Waals surface area contributed by atoms with Crippen LogP contribution in [0.5, 0.6) is 0 Å². The summed E-state index contributed by atoms with van der Waals surface area (Å²) in [7, 11) is 1.43. The van der Waals surface area contributed by atoms with Crippen molar-refractivity contribution < 1.29 is 14.6 Å². The summed E-state index contributed by atoms with van der Waals surface area (Å²) in [5.74, 6) is -0.435. The SMILES string of the molecule is C=C(C)C(N)=O.COCO. The van der Waals surface area contributed by atoms with Crippen molar-refractivity contribution in [2.75, 3.05) is 13.9 Å². The maximum atomic E-state index is 9.82. The van der Waals surface area contributed by atoms with Crippen LogP contribution in [-0.4, -0.2) is 24.9 Å². The Labute approximate surface area is 60.3 Å². The van der Waals surface area contributed by atoms with Crippen molar-refractivity contribution in [2.45, 2.75) is 6.92 Å². The van der Waals surface area contributed by atoms with Gasteiger partial charge in [0, 0.05) is 12.7 Å². The van der Waals surface area contributed by atoms with Gasteiger partial charge in [0.15, 0.2) is 0 Å². The van der Waals surface area contributed by atoms with Crippen LogP contribution in [0.3, 0.4) is 0 Å². The predicted molar refractivity (Wildman–Crippen MR) is 38.1 cm³/mol. The van der Waals surface area contributed by atoms with Gasteiger partial charge in [-0.25, -0.2) is 0 Å². The molecule has 0 fully saturated rings. The molecule has 0 saturated heterocycles. The lowest BCUT2D eigenvalue weighted by atomic mass is 10.3. The molecule has 0 spiro atoms. The lowest BCUT2D eigenvalue weighted by molar-refractivity contribution is -0.114. The third-order valence-corrected chi connectivity index (χ3v) is 0.550. The fourth-order valence-electron chi connectivity index (χ4n) is 0. The highest BCUT2D eigenvalue weighted by atomic mass is 16.6. The molecule has 3 N–H and O–H groups in total. The van der Waals surface area contributed by atoms with Crippen LogP contribution in [0.2, 0.25) is 0 Å². The molecule has 0 bridgehead atoms. The summed E-state index contributed by atoms with van der Waals surface area (Å²) in [5, 5.41) is 7.65. The molecule has 0 heterocycles. The first kappa shape index (κ1) is 11.9. The standard InChI is InChI=1S/C4H7NO.C2H6O2/c1-3(2)4(5)6;1-4-2-3/h1H2,2H3,(H2,5,6);3H,2H2,1H3. The van der Waals surface area contributed by atoms with Gasteiger partial charge in [0.2, 0.25) is 5.91 Å². The Morgan fingerprint density at radius 1 is 1.80 bits per heavy atom. The normalized spacial score (nSPS) is 7.50. The van der Waals surface area contributed by atoms with Gasteiger partial charge in [-0.1, -0.05) is 6.58 Å². The van der Waals surface area contributed by atoms with Crippen LogP contribution in [0.1, 0.15) is 6.92 Å². The van der Waals surface area contributed by atoms with E-state index in [1.165, 1.54) is 7.11 Å². The molecule has 0 atom stereocenters. The van der Waals surface area contributed by atoms with E-state index in [0.717, 1.165) is 0 Å². The second kappa shape index (κ2) is 8.13. The quantitative estimate of drug-likeness (QED) is 0.413. The minimum Gasteiger partial charge on any atom is -0.371 e. The Balaban J connectivity index is 0. The Morgan fingerprint density at radius 3 is 2.00 bits per heavy atom. The van der Waals surface area contributed by atoms with Gasteiger partial charge in [-0.3, -0.25) is 4.79 Å². The molecular formula is C6H13NO3. The molecule has 0 rings (SSSR count). The zero-order chi connectivity index (χ0) is 8.57. The van der Waals surface area contributed by atoms with E-state index in [9.17, 15) is 4.79 Å². The molecule has 4 nitrogen and oxygen atoms in total. The van der Waals surface area contributed by atoms with E-state index in [2.05, 4.69) is 11.3 Å². The van der Waals surface area contributed by atoms with E-state index < -0.39 is 5.91 Å². The van der Waals surface area contributed by atoms with Crippen molar-refractivity contribution in [2.24, 2.45) is 5.73 Å². The number of hydrogen-bond donors (Lipinski definition) is 2. The molecular weight excluding hydrogens is 134 g/mol. The van der Waals surface area contributed by atoms with Crippen LogP contribution in [0.4, 0.5) is 0 Å². The lowest BCUT2D eigenvalue weighted by Gasteiger charge is -1.81. The van der Waals surface area contributed by atoms with E-state index in [1.807, 2.05) is 0 Å². The lowest BCUT2D eigenvalue weighted by Crippen LogP contribution is -2.10. The number of carbonyl (C=O) groups is 1. The number of primary amides is 1. The number of rotatable bonds is 2. The Hall–Kier alpha value is -0.870. The van der Waals surface area contributed by atoms with Crippen molar-refractivity contribution in [3.8, 4) is 0 Å². The zero-order valence-corrected chi connectivity index (χ0v) is 6.26. The van der Waals surface area contributed by atoms with Crippen LogP contribution < -0.4 is 5.73 Å². The average molecular weight is 147 g/mol. The summed E-state index contributed by atoms with van der Waals surface area (Å²) < 4.78 is 4.10. The molecule has 0 aromatic heterocycles. The van der Waals surface area contributed by atoms with Gasteiger partial charge in [0.25, 0.3) is 0 Å². The molecule has 0 radical (unpaired) electrons. The molecule has 0 aliphatic rings. The Bertz CT molecular complexity index is 97.6. The van der Waals surface area contributed by atoms with Crippen molar-refractivity contribution in [1.82, 2.24) is 0 Å². The van der Waals surface area contributed by atoms with Crippen molar-refractivity contribution >= 4 is 5.91 Å². The van der Waals surface area contributed by atoms with Gasteiger partial charge in [0.05, 0.1) is 0 Å². The molecule has 0 saturated carbocycles. The second-order valence-electron chi connectivity index (χ2n) is 1.56. The van der Waals surface area contributed by atoms with Gasteiger partial charge < -0.3 is 15.6 Å². The summed E-state index contributed by atoms with van der Waals surface area (Å²) in [6, 6.07) is 0. The van der Waals surface area contributed by atoms with E-state index in [-0.39, 0.29) is 6.79 Å². The fourth-order valence-corrected chi connectivity index (χ4v) is 0. The number of ether oxygens (including phenoxy) is 1. The first-order chi connectivity index (χ1) is 4.56. The van der Waals surface area contributed by atoms with Crippen LogP contribution in [0.15, 0.2) is 12.2 Å². The number of hydrogen-bond acceptors (Lipinski definition) is 3. The van der Waals surface area contributed by atoms with E-state index in [4.69, 9.17) is 10.8 Å². The predicted octanol–water partition coefficient (Wildman–Crippen LogP) is -0.370. The molecule has 10 heavy (non-hydrogen) atoms. The molecule has 0 aliphatic heterocycles. The number of nitrogens with two attached hydrogens (primary N) is 1. The maximum Gasteiger partial charge on any atom is 0.243 e. The Morgan fingerprint density at radius 2 is 2.00 bits per heavy atom. The molecule has 0 aromatic carbocycles. The topological polar surface area (TPSA) is 72.6 Å². The maximum absolute atomic E-state index is 9.82. The highest BCUT2D eigenvalue weighted by Crippen LogP contribution is 1.78. The van der Waals surface area contributed by atoms with Gasteiger partial charge in [-0.15, -0.1) is 0 Å². The summed E-state index contributed by atoms with van der Waals surface area (Å²) in [6.45, 7) is 4.67. The number of aliphatic hydroxyl groups is 1. The zero-order valence-electron chi connectivity index (χ0n) is 6.26. The van der Waals surface area contributed by atoms with Gasteiger partial charge >= 0.3 is 0 Å². The molecule has 60 valence electrons. The average Bonchev–Trinajstić information content (AvgIpc) is 1.89. The van der Waals surface area contributed by atoms with Crippen molar-refractivity contribution in [3.05, 3.63) is 12.2 Å². The first-order valence-electron chi connectivity index (χ1n) is 2.61. The van der Waals surface area contributed by atoms with Crippen LogP contribution in [0.25, 0.3) is 0 Å². The molecule has 0 aromatic rings. The van der Waals surface area contributed by atoms with Crippen molar-refractivity contribution in [3.63, 3.8) is 0 Å². The minimum absolute atomic E-state index is 0.181. The second-order valence-corrected chi connectivity index (χ2v) is 1.56. The van der Waals surface area contributed by atoms with Crippen LogP contribution in [-0.2, 0) is 9.53 Å². The van der Waals surface area contributed by atoms with E-state index in [0.29, 0.717) is 5.57 Å². The van der Waals surface area contributed by atoms with E-state index >= 15 is 0 Å². The van der Waals surface area contributed by atoms with Crippen LogP contribution >= 0.6 is 0 Å². The number of carbonyl (C=O) groups excluding carboxylic acids is 1. The number of methoxy groups -OCH3 is 1. The third-order valence-electron chi connectivity index (χ3n) is 0.550. The summed E-state index contributed by atoms with van der Waals surface area (Å²) >= 11 is 0. The van der Waals surface area contributed by atoms with Gasteiger partial charge in [-0.05, 0) is 6.92 Å². The van der Waals surface area contributed by atoms with Gasteiger partial charge in [0.1, 0.15) is 6.79 Å². The van der Waals surface area contributed by atoms with Crippen LogP contribution in [0, 0.1) is 0 Å². The third kappa shape index (κ3) is 15.7. The monoisotopic (exact) mass is 147 g/mol. The summed E-state index contributed by atoms with van der Waals surface area (Å²) in [4.78, 5) is 9.82. The first-order valence-corrected chi connectivity index (χ1v) is 2.61. The Kier molecular flexibility index (Phi) is 9.65. The fraction of sp³-hybridized carbons (Fsp3) is 0.500. The molecule has 0 aliphatic carbocycles. The summed E-state index contributed by atoms with van der Waals surface area (Å²) in [5.41, 5.74) is 5.09. The molecule has 0 unspecified atom stereocenters. The highest BCUT2D eigenvalue weighted by molar-refractivity contribution is 5.90. The smallest absolute Gasteiger partial charge is 0.243 e. The molecule has 4 heteroatoms. The molecule has 1 amide bonds. The highest BCUT2D eigenvalue weighted by Gasteiger charge is 1.86. The van der Waals surface area contributed by atoms with E-state index in [1.54, 1.807) is 6.92 Å². The summed E-state index contributed by atoms with van der Waals surface area (Å²) in [6.07, 6.45) is 0. The van der Waals surface area contributed by atoms with Gasteiger partial charge in [-0.2, -0.15) is 0 Å². The number of amides is 1. The number of aliphatic hydroxyl groups excluding tert-OH is 1.